The number of rotatable bonds is 25. The predicted molar refractivity (Wildman–Crippen MR) is 468 cm³/mol. The summed E-state index contributed by atoms with van der Waals surface area (Å²) in [7, 11) is 4.28. The molecule has 0 unspecified atom stereocenters. The van der Waals surface area contributed by atoms with E-state index in [9.17, 15) is 48.3 Å². The van der Waals surface area contributed by atoms with Gasteiger partial charge in [-0.05, 0) is 151 Å². The van der Waals surface area contributed by atoms with E-state index >= 15 is 0 Å². The predicted octanol–water partition coefficient (Wildman–Crippen LogP) is 21.9. The minimum atomic E-state index is -4.40. The van der Waals surface area contributed by atoms with Gasteiger partial charge in [0, 0.05) is 98.7 Å². The van der Waals surface area contributed by atoms with Gasteiger partial charge in [-0.25, -0.2) is 63.1 Å². The number of para-hydroxylation sites is 3. The van der Waals surface area contributed by atoms with E-state index in [2.05, 4.69) is 84.7 Å². The SMILES string of the molecule is CC(F)(F)c1ccc(Oc2ncncc2-c2cccc3c2OCC3)cn1.COCC(F)(F)c1ccc(Oc2ncccc2-c2cccc3ncnn23)cn1.COc1ccccc1-c1cccnc1Oc1ccc(C(F)(F)Cn2cccn2)nc1.COc1ncccc1-c1cncnc1Oc1ccc(C(F)(F)F)cc1.Cc1cc(Oc2ncncc2-c2cccc3c2OCC3)cnc1C(F)F. The van der Waals surface area contributed by atoms with Gasteiger partial charge in [0.25, 0.3) is 12.3 Å². The molecule has 39 heteroatoms. The van der Waals surface area contributed by atoms with Crippen molar-refractivity contribution in [2.24, 2.45) is 0 Å². The molecule has 0 N–H and O–H groups in total. The fourth-order valence-corrected chi connectivity index (χ4v) is 13.7. The van der Waals surface area contributed by atoms with Crippen LogP contribution in [0.5, 0.6) is 81.3 Å². The number of methoxy groups -OCH3 is 3. The van der Waals surface area contributed by atoms with Gasteiger partial charge in [-0.2, -0.15) is 49.7 Å². The molecule has 0 fully saturated rings. The Hall–Kier alpha value is -16.6. The topological polar surface area (TPSA) is 308 Å². The van der Waals surface area contributed by atoms with Crippen molar-refractivity contribution in [1.82, 2.24) is 89.2 Å². The van der Waals surface area contributed by atoms with Crippen molar-refractivity contribution in [3.05, 3.63) is 333 Å². The Labute approximate surface area is 761 Å². The number of aromatic nitrogens is 18. The zero-order valence-corrected chi connectivity index (χ0v) is 71.7. The Balaban J connectivity index is 0.000000129. The van der Waals surface area contributed by atoms with Crippen molar-refractivity contribution in [1.29, 1.82) is 0 Å². The highest BCUT2D eigenvalue weighted by atomic mass is 19.4. The highest BCUT2D eigenvalue weighted by Crippen LogP contribution is 2.46. The van der Waals surface area contributed by atoms with Gasteiger partial charge < -0.3 is 47.4 Å². The van der Waals surface area contributed by atoms with Crippen LogP contribution >= 0.6 is 0 Å². The summed E-state index contributed by atoms with van der Waals surface area (Å²) in [6.07, 6.45) is 17.6. The zero-order chi connectivity index (χ0) is 94.6. The molecule has 0 spiro atoms. The number of halogens is 11. The van der Waals surface area contributed by atoms with Crippen LogP contribution in [-0.2, 0) is 48.1 Å². The molecule has 0 saturated heterocycles. The minimum absolute atomic E-state index is 0.182. The number of hydrogen-bond donors (Lipinski definition) is 0. The second-order valence-corrected chi connectivity index (χ2v) is 29.2. The van der Waals surface area contributed by atoms with Crippen LogP contribution in [0.1, 0.15) is 58.4 Å². The van der Waals surface area contributed by atoms with Gasteiger partial charge in [-0.1, -0.05) is 60.7 Å². The Morgan fingerprint density at radius 3 is 1.38 bits per heavy atom. The van der Waals surface area contributed by atoms with Crippen LogP contribution in [0.25, 0.3) is 61.4 Å². The standard InChI is InChI=1S/C22H18F2N4O2.C19H15F2N5O2.2C19H15F2N3O2.C17H12F3N3O2/c1-29-19-8-3-2-6-17(19)18-7-4-11-25-21(18)30-16-9-10-20(26-14-16)22(23,24)15-28-13-5-12-27-28;1-27-11-19(20,21)16-8-7-13(10-23-16)28-18-14(4-3-9-22-18)15-5-2-6-17-24-12-25-26(15)17;1-11-7-13(8-23-16(11)18(20)21)26-19-15(9-22-10-24-19)14-4-2-3-12-5-6-25-17(12)14;1-19(20,21)16-6-5-13(9-23-16)26-18-15(10-22-11-24-18)14-4-2-3-12-7-8-25-17(12)14;1-24-15-13(3-2-8-22-15)14-9-21-10-23-16(14)25-12-6-4-11(5-7-12)17(18,19)20/h2-14H,15H2,1H3;2-10,12H,11H2,1H3;2-4,7-10,18H,5-6H2,1H3;2-6,9-11H,7-8H2,1H3;2-10H,1H3. The minimum Gasteiger partial charge on any atom is -0.496 e. The van der Waals surface area contributed by atoms with Crippen molar-refractivity contribution in [3.8, 4) is 137 Å². The largest absolute Gasteiger partial charge is 0.496 e. The molecule has 4 aromatic carbocycles. The second-order valence-electron chi connectivity index (χ2n) is 29.2. The van der Waals surface area contributed by atoms with Gasteiger partial charge in [0.2, 0.25) is 35.3 Å². The van der Waals surface area contributed by atoms with Crippen LogP contribution in [0, 0.1) is 6.92 Å². The number of ether oxygens (including phenoxy) is 10. The Morgan fingerprint density at radius 1 is 0.393 bits per heavy atom. The lowest BCUT2D eigenvalue weighted by Gasteiger charge is -2.16. The van der Waals surface area contributed by atoms with Gasteiger partial charge in [0.1, 0.15) is 107 Å². The summed E-state index contributed by atoms with van der Waals surface area (Å²) in [6, 6.07) is 50.9. The Kier molecular flexibility index (Phi) is 29.0. The van der Waals surface area contributed by atoms with Crippen LogP contribution in [0.4, 0.5) is 48.3 Å². The molecule has 686 valence electrons. The fraction of sp³-hybridized carbons (Fsp3) is 0.167. The summed E-state index contributed by atoms with van der Waals surface area (Å²) in [5, 5.41) is 8.03. The third-order valence-corrected chi connectivity index (χ3v) is 20.0. The molecule has 13 aromatic heterocycles. The number of fused-ring (bicyclic) bond motifs is 3. The molecule has 0 bridgehead atoms. The van der Waals surface area contributed by atoms with Crippen molar-refractivity contribution in [2.75, 3.05) is 41.2 Å². The summed E-state index contributed by atoms with van der Waals surface area (Å²) in [5.74, 6) is -3.86. The lowest BCUT2D eigenvalue weighted by atomic mass is 10.0. The monoisotopic (exact) mass is 1850 g/mol. The third kappa shape index (κ3) is 22.9. The van der Waals surface area contributed by atoms with E-state index in [-0.39, 0.29) is 34.5 Å². The third-order valence-electron chi connectivity index (χ3n) is 20.0. The molecule has 19 rings (SSSR count). The molecular weight excluding hydrogens is 1770 g/mol. The van der Waals surface area contributed by atoms with E-state index in [1.54, 1.807) is 79.9 Å². The molecule has 15 heterocycles. The second kappa shape index (κ2) is 42.1. The molecule has 135 heavy (non-hydrogen) atoms. The van der Waals surface area contributed by atoms with Crippen molar-refractivity contribution in [3.63, 3.8) is 0 Å². The van der Waals surface area contributed by atoms with Crippen molar-refractivity contribution in [2.45, 2.75) is 63.6 Å². The number of pyridine rings is 8. The number of benzene rings is 4. The fourth-order valence-electron chi connectivity index (χ4n) is 13.7. The van der Waals surface area contributed by atoms with Gasteiger partial charge in [-0.3, -0.25) is 24.6 Å². The van der Waals surface area contributed by atoms with Crippen LogP contribution < -0.4 is 42.6 Å². The zero-order valence-electron chi connectivity index (χ0n) is 71.7. The first-order valence-electron chi connectivity index (χ1n) is 40.8. The van der Waals surface area contributed by atoms with Gasteiger partial charge in [0.05, 0.1) is 91.3 Å². The lowest BCUT2D eigenvalue weighted by Crippen LogP contribution is -2.23. The first-order valence-corrected chi connectivity index (χ1v) is 40.8. The van der Waals surface area contributed by atoms with Crippen LogP contribution in [0.15, 0.2) is 288 Å². The molecule has 0 atom stereocenters. The number of alkyl halides is 11. The normalized spacial score (nSPS) is 12.0. The molecule has 0 aliphatic carbocycles. The Morgan fingerprint density at radius 2 is 0.867 bits per heavy atom. The summed E-state index contributed by atoms with van der Waals surface area (Å²) in [6.45, 7) is 2.30. The van der Waals surface area contributed by atoms with Gasteiger partial charge >= 0.3 is 18.0 Å². The summed E-state index contributed by atoms with van der Waals surface area (Å²) in [4.78, 5) is 56.6. The highest BCUT2D eigenvalue weighted by Gasteiger charge is 2.36. The van der Waals surface area contributed by atoms with E-state index in [0.29, 0.717) is 110 Å². The number of nitrogens with zero attached hydrogens (tertiary/aromatic N) is 18. The summed E-state index contributed by atoms with van der Waals surface area (Å²) in [5.41, 5.74) is 8.23. The quantitative estimate of drug-likeness (QED) is 0.0480. The maximum Gasteiger partial charge on any atom is 0.416 e. The van der Waals surface area contributed by atoms with E-state index in [0.717, 1.165) is 76.9 Å². The van der Waals surface area contributed by atoms with Gasteiger partial charge in [-0.15, -0.1) is 0 Å². The average Bonchev–Trinajstić information content (AvgIpc) is 1.71. The lowest BCUT2D eigenvalue weighted by molar-refractivity contribution is -0.137. The molecule has 0 amide bonds. The first-order chi connectivity index (χ1) is 65.3. The molecular formula is C96H75F11N18O10. The van der Waals surface area contributed by atoms with E-state index in [1.807, 2.05) is 91.0 Å². The Bertz CT molecular complexity index is 6880. The smallest absolute Gasteiger partial charge is 0.416 e. The van der Waals surface area contributed by atoms with Gasteiger partial charge in [0.15, 0.2) is 5.65 Å². The van der Waals surface area contributed by atoms with Crippen LogP contribution in [-0.4, -0.2) is 130 Å². The molecule has 0 saturated carbocycles. The van der Waals surface area contributed by atoms with Crippen LogP contribution in [0.3, 0.4) is 0 Å². The average molecular weight is 1850 g/mol. The maximum atomic E-state index is 14.5. The maximum absolute atomic E-state index is 14.5. The summed E-state index contributed by atoms with van der Waals surface area (Å²) < 4.78 is 205. The molecule has 2 aliphatic rings. The highest BCUT2D eigenvalue weighted by molar-refractivity contribution is 5.79. The number of aryl methyl sites for hydroxylation is 1. The molecule has 17 aromatic rings. The molecule has 2 aliphatic heterocycles. The van der Waals surface area contributed by atoms with Crippen molar-refractivity contribution < 1.29 is 95.7 Å². The van der Waals surface area contributed by atoms with E-state index in [4.69, 9.17) is 42.6 Å². The van der Waals surface area contributed by atoms with E-state index < -0.39 is 54.8 Å². The number of hydrogen-bond acceptors (Lipinski definition) is 26. The first kappa shape index (κ1) is 93.1. The molecule has 0 radical (unpaired) electrons. The van der Waals surface area contributed by atoms with Crippen molar-refractivity contribution >= 4 is 5.65 Å². The van der Waals surface area contributed by atoms with Crippen LogP contribution in [0.2, 0.25) is 0 Å². The summed E-state index contributed by atoms with van der Waals surface area (Å²) >= 11 is 0. The van der Waals surface area contributed by atoms with E-state index in [1.165, 1.54) is 142 Å². The molecule has 28 nitrogen and oxygen atoms in total.